The molecule has 7 heteroatoms. The van der Waals surface area contributed by atoms with E-state index in [0.29, 0.717) is 5.02 Å². The molecule has 2 aromatic rings. The molecule has 0 saturated carbocycles. The van der Waals surface area contributed by atoms with E-state index in [1.165, 1.54) is 24.5 Å². The number of nitrogens with two attached hydrogens (primary N) is 1. The molecule has 1 heterocycles. The van der Waals surface area contributed by atoms with E-state index in [-0.39, 0.29) is 22.9 Å². The molecule has 0 amide bonds. The zero-order valence-electron chi connectivity index (χ0n) is 9.03. The van der Waals surface area contributed by atoms with Gasteiger partial charge >= 0.3 is 0 Å². The summed E-state index contributed by atoms with van der Waals surface area (Å²) in [5.41, 5.74) is 5.04. The first-order valence-electron chi connectivity index (χ1n) is 4.93. The smallest absolute Gasteiger partial charge is 0.278 e. The van der Waals surface area contributed by atoms with Crippen LogP contribution in [0.3, 0.4) is 0 Å². The molecule has 94 valence electrons. The summed E-state index contributed by atoms with van der Waals surface area (Å²) in [4.78, 5) is 15.5. The number of aromatic nitrogens is 2. The van der Waals surface area contributed by atoms with Crippen LogP contribution in [-0.2, 0) is 6.54 Å². The minimum Gasteiger partial charge on any atom is -0.392 e. The second-order valence-corrected chi connectivity index (χ2v) is 4.41. The highest BCUT2D eigenvalue weighted by atomic mass is 35.5. The van der Waals surface area contributed by atoms with Crippen LogP contribution >= 0.6 is 23.2 Å². The number of halogens is 3. The number of hydrogen-bond acceptors (Lipinski definition) is 3. The Morgan fingerprint density at radius 1 is 1.39 bits per heavy atom. The molecule has 0 bridgehead atoms. The summed E-state index contributed by atoms with van der Waals surface area (Å²) in [5.74, 6) is -0.458. The van der Waals surface area contributed by atoms with E-state index >= 15 is 0 Å². The van der Waals surface area contributed by atoms with E-state index in [1.807, 2.05) is 0 Å². The Balaban J connectivity index is 2.44. The van der Waals surface area contributed by atoms with Crippen molar-refractivity contribution in [3.05, 3.63) is 56.4 Å². The van der Waals surface area contributed by atoms with Gasteiger partial charge in [0.25, 0.3) is 5.56 Å². The number of nitrogen functional groups attached to an aromatic ring is 1. The second-order valence-electron chi connectivity index (χ2n) is 3.62. The molecule has 0 saturated heterocycles. The van der Waals surface area contributed by atoms with E-state index in [9.17, 15) is 9.18 Å². The van der Waals surface area contributed by atoms with Crippen molar-refractivity contribution >= 4 is 28.9 Å². The lowest BCUT2D eigenvalue weighted by atomic mass is 10.2. The van der Waals surface area contributed by atoms with Crippen LogP contribution in [0.5, 0.6) is 0 Å². The van der Waals surface area contributed by atoms with Crippen molar-refractivity contribution in [1.82, 2.24) is 9.55 Å². The van der Waals surface area contributed by atoms with Gasteiger partial charge in [-0.2, -0.15) is 0 Å². The SMILES string of the molecule is Nc1c(Cl)ncn(Cc2cc(Cl)ccc2F)c1=O. The van der Waals surface area contributed by atoms with Gasteiger partial charge in [0.1, 0.15) is 11.5 Å². The van der Waals surface area contributed by atoms with Crippen LogP contribution in [-0.4, -0.2) is 9.55 Å². The molecule has 0 aliphatic carbocycles. The van der Waals surface area contributed by atoms with Crippen molar-refractivity contribution in [2.24, 2.45) is 0 Å². The van der Waals surface area contributed by atoms with Crippen molar-refractivity contribution in [1.29, 1.82) is 0 Å². The van der Waals surface area contributed by atoms with Crippen molar-refractivity contribution in [3.8, 4) is 0 Å². The van der Waals surface area contributed by atoms with E-state index < -0.39 is 11.4 Å². The third kappa shape index (κ3) is 2.47. The summed E-state index contributed by atoms with van der Waals surface area (Å²) >= 11 is 11.4. The quantitative estimate of drug-likeness (QED) is 0.863. The topological polar surface area (TPSA) is 60.9 Å². The normalized spacial score (nSPS) is 10.6. The maximum Gasteiger partial charge on any atom is 0.278 e. The minimum atomic E-state index is -0.519. The maximum absolute atomic E-state index is 13.5. The van der Waals surface area contributed by atoms with Gasteiger partial charge in [-0.1, -0.05) is 23.2 Å². The molecule has 4 nitrogen and oxygen atoms in total. The number of rotatable bonds is 2. The molecule has 0 radical (unpaired) electrons. The Morgan fingerprint density at radius 2 is 2.11 bits per heavy atom. The Hall–Kier alpha value is -1.59. The fourth-order valence-electron chi connectivity index (χ4n) is 1.45. The van der Waals surface area contributed by atoms with Gasteiger partial charge in [-0.15, -0.1) is 0 Å². The van der Waals surface area contributed by atoms with Gasteiger partial charge in [0.05, 0.1) is 12.9 Å². The Bertz CT molecular complexity index is 657. The summed E-state index contributed by atoms with van der Waals surface area (Å²) in [6.45, 7) is -0.0143. The lowest BCUT2D eigenvalue weighted by Gasteiger charge is -2.08. The Morgan fingerprint density at radius 3 is 2.83 bits per heavy atom. The molecule has 0 atom stereocenters. The summed E-state index contributed by atoms with van der Waals surface area (Å²) in [6.07, 6.45) is 1.21. The van der Waals surface area contributed by atoms with Gasteiger partial charge in [-0.3, -0.25) is 9.36 Å². The summed E-state index contributed by atoms with van der Waals surface area (Å²) in [7, 11) is 0. The molecule has 0 aliphatic rings. The molecule has 0 fully saturated rings. The van der Waals surface area contributed by atoms with Crippen LogP contribution in [0.4, 0.5) is 10.1 Å². The van der Waals surface area contributed by atoms with Gasteiger partial charge in [0.2, 0.25) is 0 Å². The van der Waals surface area contributed by atoms with Crippen molar-refractivity contribution in [2.45, 2.75) is 6.54 Å². The highest BCUT2D eigenvalue weighted by Gasteiger charge is 2.09. The van der Waals surface area contributed by atoms with Crippen LogP contribution in [0.2, 0.25) is 10.2 Å². The van der Waals surface area contributed by atoms with Gasteiger partial charge in [0, 0.05) is 10.6 Å². The lowest BCUT2D eigenvalue weighted by molar-refractivity contribution is 0.594. The molecule has 2 N–H and O–H groups in total. The van der Waals surface area contributed by atoms with Crippen LogP contribution in [0, 0.1) is 5.82 Å². The molecule has 1 aromatic carbocycles. The summed E-state index contributed by atoms with van der Waals surface area (Å²) in [5, 5.41) is 0.317. The zero-order valence-corrected chi connectivity index (χ0v) is 10.5. The molecule has 0 aliphatic heterocycles. The first-order valence-corrected chi connectivity index (χ1v) is 5.69. The maximum atomic E-state index is 13.5. The molecular weight excluding hydrogens is 280 g/mol. The number of hydrogen-bond donors (Lipinski definition) is 1. The van der Waals surface area contributed by atoms with Gasteiger partial charge in [-0.05, 0) is 18.2 Å². The molecule has 2 rings (SSSR count). The van der Waals surface area contributed by atoms with Gasteiger partial charge < -0.3 is 5.73 Å². The third-order valence-electron chi connectivity index (χ3n) is 2.37. The average Bonchev–Trinajstić information content (AvgIpc) is 2.34. The largest absolute Gasteiger partial charge is 0.392 e. The molecular formula is C11H8Cl2FN3O. The molecule has 0 spiro atoms. The minimum absolute atomic E-state index is 0.0143. The van der Waals surface area contributed by atoms with Crippen LogP contribution in [0.1, 0.15) is 5.56 Å². The second kappa shape index (κ2) is 4.96. The van der Waals surface area contributed by atoms with E-state index in [4.69, 9.17) is 28.9 Å². The predicted molar refractivity (Wildman–Crippen MR) is 68.4 cm³/mol. The first kappa shape index (κ1) is 12.9. The predicted octanol–water partition coefficient (Wildman–Crippen LogP) is 2.32. The fourth-order valence-corrected chi connectivity index (χ4v) is 1.77. The average molecular weight is 288 g/mol. The van der Waals surface area contributed by atoms with Crippen LogP contribution in [0.15, 0.2) is 29.3 Å². The van der Waals surface area contributed by atoms with Gasteiger partial charge in [-0.25, -0.2) is 9.37 Å². The fraction of sp³-hybridized carbons (Fsp3) is 0.0909. The molecule has 18 heavy (non-hydrogen) atoms. The van der Waals surface area contributed by atoms with Crippen LogP contribution < -0.4 is 11.3 Å². The summed E-state index contributed by atoms with van der Waals surface area (Å²) in [6, 6.07) is 4.10. The lowest BCUT2D eigenvalue weighted by Crippen LogP contribution is -2.24. The molecule has 1 aromatic heterocycles. The Kier molecular flexibility index (Phi) is 3.54. The first-order chi connectivity index (χ1) is 8.49. The zero-order chi connectivity index (χ0) is 13.3. The number of nitrogens with zero attached hydrogens (tertiary/aromatic N) is 2. The monoisotopic (exact) mass is 287 g/mol. The van der Waals surface area contributed by atoms with E-state index in [0.717, 1.165) is 4.57 Å². The van der Waals surface area contributed by atoms with Crippen molar-refractivity contribution < 1.29 is 4.39 Å². The van der Waals surface area contributed by atoms with Gasteiger partial charge in [0.15, 0.2) is 5.15 Å². The van der Waals surface area contributed by atoms with Crippen molar-refractivity contribution in [2.75, 3.05) is 5.73 Å². The summed E-state index contributed by atoms with van der Waals surface area (Å²) < 4.78 is 14.7. The number of benzene rings is 1. The highest BCUT2D eigenvalue weighted by Crippen LogP contribution is 2.16. The third-order valence-corrected chi connectivity index (χ3v) is 2.91. The van der Waals surface area contributed by atoms with Crippen molar-refractivity contribution in [3.63, 3.8) is 0 Å². The standard InChI is InChI=1S/C11H8Cl2FN3O/c12-7-1-2-8(14)6(3-7)4-17-5-16-10(13)9(15)11(17)18/h1-3,5H,4,15H2. The van der Waals surface area contributed by atoms with Crippen LogP contribution in [0.25, 0.3) is 0 Å². The number of anilines is 1. The molecule has 0 unspecified atom stereocenters. The van der Waals surface area contributed by atoms with E-state index in [1.54, 1.807) is 0 Å². The van der Waals surface area contributed by atoms with E-state index in [2.05, 4.69) is 4.98 Å². The Labute approximate surface area is 112 Å². The highest BCUT2D eigenvalue weighted by molar-refractivity contribution is 6.31.